The molecule has 0 spiro atoms. The number of benzene rings is 2. The van der Waals surface area contributed by atoms with Crippen LogP contribution in [0, 0.1) is 0 Å². The van der Waals surface area contributed by atoms with E-state index in [1.165, 1.54) is 22.3 Å². The molecule has 0 bridgehead atoms. The van der Waals surface area contributed by atoms with Crippen LogP contribution in [0.2, 0.25) is 0 Å². The van der Waals surface area contributed by atoms with Gasteiger partial charge in [-0.2, -0.15) is 0 Å². The van der Waals surface area contributed by atoms with Crippen LogP contribution >= 0.6 is 0 Å². The maximum Gasteiger partial charge on any atom is -0.00882 e. The van der Waals surface area contributed by atoms with Crippen molar-refractivity contribution in [1.29, 1.82) is 0 Å². The minimum absolute atomic E-state index is 0.960. The maximum atomic E-state index is 4.18. The van der Waals surface area contributed by atoms with Crippen molar-refractivity contribution in [2.45, 2.75) is 6.42 Å². The van der Waals surface area contributed by atoms with Crippen molar-refractivity contribution < 1.29 is 0 Å². The molecule has 1 aliphatic rings. The molecule has 0 nitrogen and oxygen atoms in total. The fourth-order valence-electron chi connectivity index (χ4n) is 2.49. The van der Waals surface area contributed by atoms with E-state index in [1.54, 1.807) is 0 Å². The summed E-state index contributed by atoms with van der Waals surface area (Å²) in [6, 6.07) is 17.1. The monoisotopic (exact) mass is 244 g/mol. The Bertz CT molecular complexity index is 672. The van der Waals surface area contributed by atoms with Crippen molar-refractivity contribution in [3.05, 3.63) is 90.5 Å². The summed E-state index contributed by atoms with van der Waals surface area (Å²) in [6.07, 6.45) is 9.38. The maximum absolute atomic E-state index is 4.18. The molecule has 0 saturated carbocycles. The summed E-state index contributed by atoms with van der Waals surface area (Å²) < 4.78 is 0. The van der Waals surface area contributed by atoms with E-state index in [1.807, 2.05) is 0 Å². The van der Waals surface area contributed by atoms with Crippen molar-refractivity contribution in [3.8, 4) is 11.1 Å². The molecule has 0 fully saturated rings. The molecule has 1 aliphatic carbocycles. The Morgan fingerprint density at radius 3 is 2.26 bits per heavy atom. The van der Waals surface area contributed by atoms with Gasteiger partial charge in [0, 0.05) is 0 Å². The van der Waals surface area contributed by atoms with Gasteiger partial charge in [0.05, 0.1) is 0 Å². The molecule has 0 heterocycles. The van der Waals surface area contributed by atoms with E-state index < -0.39 is 0 Å². The van der Waals surface area contributed by atoms with Crippen LogP contribution in [0.15, 0.2) is 79.4 Å². The molecule has 0 N–H and O–H groups in total. The van der Waals surface area contributed by atoms with E-state index in [2.05, 4.69) is 79.4 Å². The van der Waals surface area contributed by atoms with Gasteiger partial charge in [0.2, 0.25) is 0 Å². The molecular formula is C19H16. The number of hydrogen-bond acceptors (Lipinski definition) is 0. The number of allylic oxidation sites excluding steroid dienone is 5. The highest BCUT2D eigenvalue weighted by molar-refractivity contribution is 5.85. The van der Waals surface area contributed by atoms with E-state index in [-0.39, 0.29) is 0 Å². The quantitative estimate of drug-likeness (QED) is 0.609. The Kier molecular flexibility index (Phi) is 3.16. The molecule has 19 heavy (non-hydrogen) atoms. The van der Waals surface area contributed by atoms with Crippen LogP contribution in [0.3, 0.4) is 0 Å². The van der Waals surface area contributed by atoms with Crippen LogP contribution in [0.1, 0.15) is 11.1 Å². The first kappa shape index (κ1) is 11.7. The Balaban J connectivity index is 2.28. The van der Waals surface area contributed by atoms with Gasteiger partial charge in [0.1, 0.15) is 0 Å². The van der Waals surface area contributed by atoms with Gasteiger partial charge >= 0.3 is 0 Å². The third-order valence-electron chi connectivity index (χ3n) is 3.46. The second-order valence-electron chi connectivity index (χ2n) is 4.72. The Labute approximate surface area is 114 Å². The fraction of sp³-hybridized carbons (Fsp3) is 0.0526. The summed E-state index contributed by atoms with van der Waals surface area (Å²) >= 11 is 0. The zero-order valence-corrected chi connectivity index (χ0v) is 10.8. The highest BCUT2D eigenvalue weighted by atomic mass is 14.1. The third-order valence-corrected chi connectivity index (χ3v) is 3.46. The van der Waals surface area contributed by atoms with Crippen molar-refractivity contribution in [3.63, 3.8) is 0 Å². The lowest BCUT2D eigenvalue weighted by molar-refractivity contribution is 1.27. The van der Waals surface area contributed by atoms with E-state index in [0.29, 0.717) is 0 Å². The molecule has 2 aromatic carbocycles. The second-order valence-corrected chi connectivity index (χ2v) is 4.72. The molecule has 0 unspecified atom stereocenters. The van der Waals surface area contributed by atoms with Gasteiger partial charge in [0.15, 0.2) is 0 Å². The fourth-order valence-corrected chi connectivity index (χ4v) is 2.49. The molecule has 0 aliphatic heterocycles. The highest BCUT2D eigenvalue weighted by Crippen LogP contribution is 2.32. The largest absolute Gasteiger partial charge is 0.0911 e. The summed E-state index contributed by atoms with van der Waals surface area (Å²) in [5.41, 5.74) is 6.19. The Morgan fingerprint density at radius 2 is 1.42 bits per heavy atom. The van der Waals surface area contributed by atoms with Crippen molar-refractivity contribution in [2.75, 3.05) is 0 Å². The van der Waals surface area contributed by atoms with Crippen molar-refractivity contribution in [2.24, 2.45) is 0 Å². The lowest BCUT2D eigenvalue weighted by atomic mass is 9.90. The van der Waals surface area contributed by atoms with Gasteiger partial charge in [-0.1, -0.05) is 79.4 Å². The van der Waals surface area contributed by atoms with Gasteiger partial charge in [-0.3, -0.25) is 0 Å². The molecule has 92 valence electrons. The van der Waals surface area contributed by atoms with Crippen LogP contribution in [-0.4, -0.2) is 0 Å². The van der Waals surface area contributed by atoms with Crippen LogP contribution in [-0.2, 0) is 6.42 Å². The first-order valence-electron chi connectivity index (χ1n) is 6.56. The zero-order valence-electron chi connectivity index (χ0n) is 10.8. The third kappa shape index (κ3) is 2.30. The first-order valence-corrected chi connectivity index (χ1v) is 6.56. The SMILES string of the molecule is C=C1C=CC=CCc2ccccc2-c2ccccc21. The van der Waals surface area contributed by atoms with E-state index in [4.69, 9.17) is 0 Å². The smallest absolute Gasteiger partial charge is 0.00882 e. The molecule has 0 radical (unpaired) electrons. The first-order chi connectivity index (χ1) is 9.36. The lowest BCUT2D eigenvalue weighted by Crippen LogP contribution is -1.93. The van der Waals surface area contributed by atoms with Crippen LogP contribution in [0.5, 0.6) is 0 Å². The molecule has 3 rings (SSSR count). The van der Waals surface area contributed by atoms with Gasteiger partial charge in [0.25, 0.3) is 0 Å². The van der Waals surface area contributed by atoms with E-state index in [0.717, 1.165) is 12.0 Å². The van der Waals surface area contributed by atoms with Crippen molar-refractivity contribution >= 4 is 5.57 Å². The highest BCUT2D eigenvalue weighted by Gasteiger charge is 2.09. The molecule has 2 aromatic rings. The molecule has 0 aromatic heterocycles. The second kappa shape index (κ2) is 5.11. The summed E-state index contributed by atoms with van der Waals surface area (Å²) in [7, 11) is 0. The van der Waals surface area contributed by atoms with Crippen LogP contribution < -0.4 is 0 Å². The van der Waals surface area contributed by atoms with Gasteiger partial charge in [-0.05, 0) is 34.2 Å². The molecular weight excluding hydrogens is 228 g/mol. The summed E-state index contributed by atoms with van der Waals surface area (Å²) in [5, 5.41) is 0. The summed E-state index contributed by atoms with van der Waals surface area (Å²) in [6.45, 7) is 4.18. The minimum atomic E-state index is 0.960. The normalized spacial score (nSPS) is 13.8. The number of hydrogen-bond donors (Lipinski definition) is 0. The lowest BCUT2D eigenvalue weighted by Gasteiger charge is -2.14. The Hall–Kier alpha value is -2.34. The standard InChI is InChI=1S/C19H16/c1-15-9-3-2-4-10-16-11-5-6-13-18(16)19-14-8-7-12-17(15)19/h2-9,11-14H,1,10H2. The van der Waals surface area contributed by atoms with Gasteiger partial charge in [-0.15, -0.1) is 0 Å². The van der Waals surface area contributed by atoms with E-state index in [9.17, 15) is 0 Å². The topological polar surface area (TPSA) is 0 Å². The molecule has 0 saturated heterocycles. The number of fused-ring (bicyclic) bond motifs is 3. The predicted molar refractivity (Wildman–Crippen MR) is 82.9 cm³/mol. The van der Waals surface area contributed by atoms with E-state index >= 15 is 0 Å². The molecule has 0 heteroatoms. The zero-order chi connectivity index (χ0) is 13.1. The minimum Gasteiger partial charge on any atom is -0.0911 e. The van der Waals surface area contributed by atoms with Crippen LogP contribution in [0.4, 0.5) is 0 Å². The predicted octanol–water partition coefficient (Wildman–Crippen LogP) is 5.04. The van der Waals surface area contributed by atoms with Gasteiger partial charge < -0.3 is 0 Å². The molecule has 0 amide bonds. The number of rotatable bonds is 0. The summed E-state index contributed by atoms with van der Waals surface area (Å²) in [5.74, 6) is 0. The average Bonchev–Trinajstić information content (AvgIpc) is 2.47. The Morgan fingerprint density at radius 1 is 0.737 bits per heavy atom. The van der Waals surface area contributed by atoms with Gasteiger partial charge in [-0.25, -0.2) is 0 Å². The average molecular weight is 244 g/mol. The summed E-state index contributed by atoms with van der Waals surface area (Å²) in [4.78, 5) is 0. The van der Waals surface area contributed by atoms with Crippen LogP contribution in [0.25, 0.3) is 16.7 Å². The molecule has 0 atom stereocenters. The van der Waals surface area contributed by atoms with Crippen molar-refractivity contribution in [1.82, 2.24) is 0 Å².